The van der Waals surface area contributed by atoms with E-state index in [4.69, 9.17) is 9.47 Å². The third kappa shape index (κ3) is 5.69. The summed E-state index contributed by atoms with van der Waals surface area (Å²) in [6.07, 6.45) is 1.10. The maximum absolute atomic E-state index is 12.5. The van der Waals surface area contributed by atoms with Crippen LogP contribution in [0.5, 0.6) is 5.75 Å². The molecule has 0 saturated carbocycles. The van der Waals surface area contributed by atoms with Crippen LogP contribution in [-0.4, -0.2) is 68.4 Å². The van der Waals surface area contributed by atoms with E-state index >= 15 is 0 Å². The van der Waals surface area contributed by atoms with Crippen molar-refractivity contribution in [2.24, 2.45) is 0 Å². The van der Waals surface area contributed by atoms with Crippen molar-refractivity contribution < 1.29 is 14.3 Å². The average Bonchev–Trinajstić information content (AvgIpc) is 2.57. The molecule has 0 aromatic heterocycles. The monoisotopic (exact) mass is 335 g/mol. The van der Waals surface area contributed by atoms with Gasteiger partial charge in [-0.05, 0) is 32.4 Å². The Hall–Kier alpha value is -1.79. The molecule has 0 unspecified atom stereocenters. The van der Waals surface area contributed by atoms with Gasteiger partial charge in [-0.1, -0.05) is 12.1 Å². The molecule has 24 heavy (non-hydrogen) atoms. The summed E-state index contributed by atoms with van der Waals surface area (Å²) in [4.78, 5) is 16.7. The molecule has 1 aliphatic rings. The number of rotatable bonds is 7. The topological polar surface area (TPSA) is 54.0 Å². The molecule has 2 amide bonds. The average molecular weight is 335 g/mol. The predicted molar refractivity (Wildman–Crippen MR) is 95.7 cm³/mol. The van der Waals surface area contributed by atoms with E-state index in [1.54, 1.807) is 7.11 Å². The van der Waals surface area contributed by atoms with Crippen molar-refractivity contribution in [2.75, 3.05) is 51.8 Å². The predicted octanol–water partition coefficient (Wildman–Crippen LogP) is 2.66. The van der Waals surface area contributed by atoms with Crippen molar-refractivity contribution in [3.05, 3.63) is 24.3 Å². The fraction of sp³-hybridized carbons (Fsp3) is 0.611. The molecule has 1 aromatic rings. The summed E-state index contributed by atoms with van der Waals surface area (Å²) in [5.41, 5.74) is 0.721. The highest BCUT2D eigenvalue weighted by atomic mass is 16.5. The van der Waals surface area contributed by atoms with Crippen LogP contribution in [0.2, 0.25) is 0 Å². The number of nitrogens with zero attached hydrogens (tertiary/aromatic N) is 2. The van der Waals surface area contributed by atoms with Crippen LogP contribution in [0.15, 0.2) is 24.3 Å². The number of nitrogens with one attached hydrogen (secondary N) is 1. The Kier molecular flexibility index (Phi) is 7.34. The van der Waals surface area contributed by atoms with E-state index in [2.05, 4.69) is 10.2 Å². The number of urea groups is 1. The first-order chi connectivity index (χ1) is 11.6. The summed E-state index contributed by atoms with van der Waals surface area (Å²) in [7, 11) is 1.73. The second-order valence-corrected chi connectivity index (χ2v) is 6.27. The van der Waals surface area contributed by atoms with Crippen LogP contribution >= 0.6 is 0 Å². The number of ether oxygens (including phenoxy) is 2. The summed E-state index contributed by atoms with van der Waals surface area (Å²) in [5, 5.41) is 2.98. The zero-order valence-electron chi connectivity index (χ0n) is 15.0. The minimum Gasteiger partial charge on any atom is -0.489 e. The van der Waals surface area contributed by atoms with E-state index in [1.807, 2.05) is 43.0 Å². The first kappa shape index (κ1) is 18.5. The molecule has 0 atom stereocenters. The number of hydrogen-bond acceptors (Lipinski definition) is 4. The van der Waals surface area contributed by atoms with Gasteiger partial charge in [-0.15, -0.1) is 0 Å². The minimum atomic E-state index is -0.0636. The standard InChI is InChI=1S/C18H29N3O3/c1-15(2)24-17-8-5-4-7-16(17)19-18(22)21-12-10-20(11-13-21)9-6-14-23-3/h4-5,7-8,15H,6,9-14H2,1-3H3,(H,19,22). The quantitative estimate of drug-likeness (QED) is 0.779. The number of anilines is 1. The highest BCUT2D eigenvalue weighted by Gasteiger charge is 2.21. The minimum absolute atomic E-state index is 0.0636. The van der Waals surface area contributed by atoms with Gasteiger partial charge in [-0.3, -0.25) is 4.90 Å². The number of carbonyl (C=O) groups is 1. The molecule has 2 rings (SSSR count). The summed E-state index contributed by atoms with van der Waals surface area (Å²) in [5.74, 6) is 0.707. The number of piperazine rings is 1. The summed E-state index contributed by atoms with van der Waals surface area (Å²) in [6.45, 7) is 9.05. The van der Waals surface area contributed by atoms with E-state index in [9.17, 15) is 4.79 Å². The lowest BCUT2D eigenvalue weighted by atomic mass is 10.2. The van der Waals surface area contributed by atoms with Gasteiger partial charge in [0.1, 0.15) is 5.75 Å². The van der Waals surface area contributed by atoms with E-state index in [1.165, 1.54) is 0 Å². The first-order valence-electron chi connectivity index (χ1n) is 8.63. The van der Waals surface area contributed by atoms with Crippen molar-refractivity contribution >= 4 is 11.7 Å². The van der Waals surface area contributed by atoms with Gasteiger partial charge in [0.15, 0.2) is 0 Å². The van der Waals surface area contributed by atoms with Crippen LogP contribution in [0.25, 0.3) is 0 Å². The number of para-hydroxylation sites is 2. The number of carbonyl (C=O) groups excluding carboxylic acids is 1. The van der Waals surface area contributed by atoms with Gasteiger partial charge >= 0.3 is 6.03 Å². The number of hydrogen-bond donors (Lipinski definition) is 1. The third-order valence-electron chi connectivity index (χ3n) is 3.97. The Morgan fingerprint density at radius 1 is 1.21 bits per heavy atom. The normalized spacial score (nSPS) is 15.6. The molecule has 1 aliphatic heterocycles. The van der Waals surface area contributed by atoms with Crippen LogP contribution in [0.1, 0.15) is 20.3 Å². The van der Waals surface area contributed by atoms with Crippen molar-refractivity contribution in [3.63, 3.8) is 0 Å². The number of amides is 2. The Bertz CT molecular complexity index is 514. The third-order valence-corrected chi connectivity index (χ3v) is 3.97. The molecule has 1 aromatic carbocycles. The molecule has 1 fully saturated rings. The van der Waals surface area contributed by atoms with Crippen molar-refractivity contribution in [1.29, 1.82) is 0 Å². The van der Waals surface area contributed by atoms with E-state index in [0.717, 1.165) is 51.4 Å². The smallest absolute Gasteiger partial charge is 0.322 e. The van der Waals surface area contributed by atoms with Crippen molar-refractivity contribution in [2.45, 2.75) is 26.4 Å². The molecular formula is C18H29N3O3. The highest BCUT2D eigenvalue weighted by Crippen LogP contribution is 2.25. The molecule has 0 radical (unpaired) electrons. The van der Waals surface area contributed by atoms with Gasteiger partial charge in [0.25, 0.3) is 0 Å². The van der Waals surface area contributed by atoms with E-state index in [-0.39, 0.29) is 12.1 Å². The van der Waals surface area contributed by atoms with Crippen molar-refractivity contribution in [1.82, 2.24) is 9.80 Å². The molecule has 0 spiro atoms. The highest BCUT2D eigenvalue weighted by molar-refractivity contribution is 5.91. The van der Waals surface area contributed by atoms with E-state index in [0.29, 0.717) is 5.75 Å². The van der Waals surface area contributed by atoms with Crippen LogP contribution in [0.3, 0.4) is 0 Å². The summed E-state index contributed by atoms with van der Waals surface area (Å²) < 4.78 is 10.8. The fourth-order valence-corrected chi connectivity index (χ4v) is 2.73. The Labute approximate surface area is 144 Å². The van der Waals surface area contributed by atoms with Crippen LogP contribution in [0.4, 0.5) is 10.5 Å². The molecule has 0 bridgehead atoms. The fourth-order valence-electron chi connectivity index (χ4n) is 2.73. The van der Waals surface area contributed by atoms with Crippen LogP contribution < -0.4 is 10.1 Å². The molecule has 0 aliphatic carbocycles. The summed E-state index contributed by atoms with van der Waals surface area (Å²) in [6, 6.07) is 7.49. The van der Waals surface area contributed by atoms with Crippen LogP contribution in [0, 0.1) is 0 Å². The Morgan fingerprint density at radius 2 is 1.92 bits per heavy atom. The van der Waals surface area contributed by atoms with Crippen molar-refractivity contribution in [3.8, 4) is 5.75 Å². The number of benzene rings is 1. The van der Waals surface area contributed by atoms with E-state index < -0.39 is 0 Å². The SMILES string of the molecule is COCCCN1CCN(C(=O)Nc2ccccc2OC(C)C)CC1. The molecule has 1 N–H and O–H groups in total. The lowest BCUT2D eigenvalue weighted by Gasteiger charge is -2.34. The molecule has 1 saturated heterocycles. The Morgan fingerprint density at radius 3 is 2.58 bits per heavy atom. The lowest BCUT2D eigenvalue weighted by molar-refractivity contribution is 0.130. The van der Waals surface area contributed by atoms with Crippen LogP contribution in [-0.2, 0) is 4.74 Å². The second kappa shape index (κ2) is 9.49. The molecular weight excluding hydrogens is 306 g/mol. The van der Waals surface area contributed by atoms with Gasteiger partial charge in [-0.25, -0.2) is 4.79 Å². The van der Waals surface area contributed by atoms with Gasteiger partial charge in [0, 0.05) is 46.4 Å². The molecule has 6 nitrogen and oxygen atoms in total. The lowest BCUT2D eigenvalue weighted by Crippen LogP contribution is -2.50. The van der Waals surface area contributed by atoms with Gasteiger partial charge in [0.2, 0.25) is 0 Å². The van der Waals surface area contributed by atoms with Gasteiger partial charge in [-0.2, -0.15) is 0 Å². The zero-order chi connectivity index (χ0) is 17.4. The molecule has 134 valence electrons. The zero-order valence-corrected chi connectivity index (χ0v) is 15.0. The maximum atomic E-state index is 12.5. The number of methoxy groups -OCH3 is 1. The summed E-state index contributed by atoms with van der Waals surface area (Å²) >= 11 is 0. The largest absolute Gasteiger partial charge is 0.489 e. The second-order valence-electron chi connectivity index (χ2n) is 6.27. The maximum Gasteiger partial charge on any atom is 0.322 e. The first-order valence-corrected chi connectivity index (χ1v) is 8.63. The van der Waals surface area contributed by atoms with Gasteiger partial charge < -0.3 is 19.7 Å². The molecule has 1 heterocycles. The van der Waals surface area contributed by atoms with Gasteiger partial charge in [0.05, 0.1) is 11.8 Å². The molecule has 6 heteroatoms. The Balaban J connectivity index is 1.84.